The van der Waals surface area contributed by atoms with E-state index in [9.17, 15) is 4.79 Å². The SMILES string of the molecule is CCOC(=O)C1=CCC(C)c2ccccc21. The minimum Gasteiger partial charge on any atom is -0.462 e. The van der Waals surface area contributed by atoms with Gasteiger partial charge in [-0.25, -0.2) is 4.79 Å². The van der Waals surface area contributed by atoms with Crippen LogP contribution in [-0.2, 0) is 9.53 Å². The molecule has 1 aromatic rings. The molecule has 1 atom stereocenters. The van der Waals surface area contributed by atoms with E-state index in [2.05, 4.69) is 13.0 Å². The van der Waals surface area contributed by atoms with Crippen molar-refractivity contribution in [2.24, 2.45) is 0 Å². The molecule has 0 fully saturated rings. The van der Waals surface area contributed by atoms with E-state index in [4.69, 9.17) is 4.74 Å². The zero-order chi connectivity index (χ0) is 11.5. The van der Waals surface area contributed by atoms with Gasteiger partial charge in [0.1, 0.15) is 0 Å². The Morgan fingerprint density at radius 3 is 2.94 bits per heavy atom. The average molecular weight is 216 g/mol. The molecule has 0 amide bonds. The molecule has 1 aliphatic rings. The molecule has 0 spiro atoms. The van der Waals surface area contributed by atoms with Gasteiger partial charge >= 0.3 is 5.97 Å². The fraction of sp³-hybridized carbons (Fsp3) is 0.357. The lowest BCUT2D eigenvalue weighted by Crippen LogP contribution is -2.13. The van der Waals surface area contributed by atoms with Gasteiger partial charge < -0.3 is 4.74 Å². The first-order valence-corrected chi connectivity index (χ1v) is 5.70. The van der Waals surface area contributed by atoms with Crippen molar-refractivity contribution in [1.29, 1.82) is 0 Å². The van der Waals surface area contributed by atoms with Crippen LogP contribution in [0.3, 0.4) is 0 Å². The zero-order valence-corrected chi connectivity index (χ0v) is 9.69. The van der Waals surface area contributed by atoms with Crippen molar-refractivity contribution in [3.05, 3.63) is 41.5 Å². The van der Waals surface area contributed by atoms with Gasteiger partial charge in [0.05, 0.1) is 12.2 Å². The van der Waals surface area contributed by atoms with Crippen LogP contribution in [0.25, 0.3) is 5.57 Å². The molecule has 1 aromatic carbocycles. The predicted molar refractivity (Wildman–Crippen MR) is 64.1 cm³/mol. The highest BCUT2D eigenvalue weighted by Gasteiger charge is 2.22. The number of allylic oxidation sites excluding steroid dienone is 1. The normalized spacial score (nSPS) is 18.6. The Morgan fingerprint density at radius 1 is 1.44 bits per heavy atom. The van der Waals surface area contributed by atoms with Crippen molar-refractivity contribution in [1.82, 2.24) is 0 Å². The second-order valence-electron chi connectivity index (χ2n) is 4.06. The van der Waals surface area contributed by atoms with E-state index < -0.39 is 0 Å². The van der Waals surface area contributed by atoms with Crippen molar-refractivity contribution in [2.45, 2.75) is 26.2 Å². The van der Waals surface area contributed by atoms with E-state index in [1.165, 1.54) is 5.56 Å². The lowest BCUT2D eigenvalue weighted by Gasteiger charge is -2.21. The maximum absolute atomic E-state index is 11.8. The number of hydrogen-bond donors (Lipinski definition) is 0. The highest BCUT2D eigenvalue weighted by atomic mass is 16.5. The molecule has 0 saturated carbocycles. The van der Waals surface area contributed by atoms with Crippen molar-refractivity contribution in [3.63, 3.8) is 0 Å². The van der Waals surface area contributed by atoms with E-state index >= 15 is 0 Å². The number of rotatable bonds is 2. The Hall–Kier alpha value is -1.57. The van der Waals surface area contributed by atoms with Crippen LogP contribution < -0.4 is 0 Å². The summed E-state index contributed by atoms with van der Waals surface area (Å²) in [5.41, 5.74) is 2.99. The second-order valence-corrected chi connectivity index (χ2v) is 4.06. The fourth-order valence-corrected chi connectivity index (χ4v) is 2.11. The van der Waals surface area contributed by atoms with Crippen LogP contribution in [0.4, 0.5) is 0 Å². The summed E-state index contributed by atoms with van der Waals surface area (Å²) in [6, 6.07) is 8.06. The summed E-state index contributed by atoms with van der Waals surface area (Å²) < 4.78 is 5.07. The number of benzene rings is 1. The second kappa shape index (κ2) is 4.52. The highest BCUT2D eigenvalue weighted by molar-refractivity contribution is 6.17. The Kier molecular flexibility index (Phi) is 3.09. The molecule has 2 nitrogen and oxygen atoms in total. The Labute approximate surface area is 95.9 Å². The monoisotopic (exact) mass is 216 g/mol. The van der Waals surface area contributed by atoms with Crippen molar-refractivity contribution in [2.75, 3.05) is 6.61 Å². The van der Waals surface area contributed by atoms with Gasteiger partial charge in [-0.05, 0) is 30.4 Å². The van der Waals surface area contributed by atoms with Crippen molar-refractivity contribution < 1.29 is 9.53 Å². The van der Waals surface area contributed by atoms with Crippen LogP contribution in [0.1, 0.15) is 37.3 Å². The minimum absolute atomic E-state index is 0.207. The minimum atomic E-state index is -0.207. The van der Waals surface area contributed by atoms with Crippen LogP contribution in [0.2, 0.25) is 0 Å². The number of carbonyl (C=O) groups is 1. The molecule has 0 radical (unpaired) electrons. The molecule has 1 unspecified atom stereocenters. The number of fused-ring (bicyclic) bond motifs is 1. The molecule has 16 heavy (non-hydrogen) atoms. The third-order valence-corrected chi connectivity index (χ3v) is 2.95. The van der Waals surface area contributed by atoms with Gasteiger partial charge in [-0.2, -0.15) is 0 Å². The summed E-state index contributed by atoms with van der Waals surface area (Å²) in [6.45, 7) is 4.43. The van der Waals surface area contributed by atoms with Crippen LogP contribution in [-0.4, -0.2) is 12.6 Å². The quantitative estimate of drug-likeness (QED) is 0.710. The fourth-order valence-electron chi connectivity index (χ4n) is 2.11. The molecule has 0 heterocycles. The Bertz CT molecular complexity index is 432. The first kappa shape index (κ1) is 10.9. The topological polar surface area (TPSA) is 26.3 Å². The molecule has 0 saturated heterocycles. The number of ether oxygens (including phenoxy) is 1. The van der Waals surface area contributed by atoms with Gasteiger partial charge in [-0.1, -0.05) is 37.3 Å². The van der Waals surface area contributed by atoms with Gasteiger partial charge in [0.15, 0.2) is 0 Å². The molecular formula is C14H16O2. The maximum atomic E-state index is 11.8. The standard InChI is InChI=1S/C14H16O2/c1-3-16-14(15)13-9-8-10(2)11-6-4-5-7-12(11)13/h4-7,9-10H,3,8H2,1-2H3. The van der Waals surface area contributed by atoms with Gasteiger partial charge in [-0.15, -0.1) is 0 Å². The summed E-state index contributed by atoms with van der Waals surface area (Å²) in [5, 5.41) is 0. The number of esters is 1. The lowest BCUT2D eigenvalue weighted by atomic mass is 9.84. The van der Waals surface area contributed by atoms with E-state index in [1.807, 2.05) is 31.2 Å². The largest absolute Gasteiger partial charge is 0.462 e. The van der Waals surface area contributed by atoms with Crippen LogP contribution in [0.5, 0.6) is 0 Å². The lowest BCUT2D eigenvalue weighted by molar-refractivity contribution is -0.136. The molecule has 2 rings (SSSR count). The summed E-state index contributed by atoms with van der Waals surface area (Å²) >= 11 is 0. The van der Waals surface area contributed by atoms with Gasteiger partial charge in [-0.3, -0.25) is 0 Å². The first-order chi connectivity index (χ1) is 7.74. The molecule has 2 heteroatoms. The molecule has 0 aliphatic heterocycles. The maximum Gasteiger partial charge on any atom is 0.338 e. The average Bonchev–Trinajstić information content (AvgIpc) is 2.30. The Balaban J connectivity index is 2.39. The van der Waals surface area contributed by atoms with Gasteiger partial charge in [0, 0.05) is 0 Å². The van der Waals surface area contributed by atoms with E-state index in [0.29, 0.717) is 12.5 Å². The van der Waals surface area contributed by atoms with Gasteiger partial charge in [0.25, 0.3) is 0 Å². The molecule has 0 bridgehead atoms. The van der Waals surface area contributed by atoms with Crippen LogP contribution >= 0.6 is 0 Å². The zero-order valence-electron chi connectivity index (χ0n) is 9.69. The molecule has 0 N–H and O–H groups in total. The summed E-state index contributed by atoms with van der Waals surface area (Å²) in [4.78, 5) is 11.8. The summed E-state index contributed by atoms with van der Waals surface area (Å²) in [6.07, 6.45) is 2.90. The van der Waals surface area contributed by atoms with Crippen molar-refractivity contribution >= 4 is 11.5 Å². The highest BCUT2D eigenvalue weighted by Crippen LogP contribution is 2.34. The first-order valence-electron chi connectivity index (χ1n) is 5.70. The van der Waals surface area contributed by atoms with Gasteiger partial charge in [0.2, 0.25) is 0 Å². The third-order valence-electron chi connectivity index (χ3n) is 2.95. The van der Waals surface area contributed by atoms with E-state index in [-0.39, 0.29) is 5.97 Å². The number of carbonyl (C=O) groups excluding carboxylic acids is 1. The summed E-state index contributed by atoms with van der Waals surface area (Å²) in [7, 11) is 0. The third kappa shape index (κ3) is 1.87. The Morgan fingerprint density at radius 2 is 2.19 bits per heavy atom. The smallest absolute Gasteiger partial charge is 0.338 e. The summed E-state index contributed by atoms with van der Waals surface area (Å²) in [5.74, 6) is 0.274. The molecule has 1 aliphatic carbocycles. The van der Waals surface area contributed by atoms with Crippen LogP contribution in [0.15, 0.2) is 30.3 Å². The predicted octanol–water partition coefficient (Wildman–Crippen LogP) is 3.14. The molecule has 0 aromatic heterocycles. The molecule has 84 valence electrons. The van der Waals surface area contributed by atoms with E-state index in [1.54, 1.807) is 0 Å². The van der Waals surface area contributed by atoms with Crippen molar-refractivity contribution in [3.8, 4) is 0 Å². The van der Waals surface area contributed by atoms with Crippen LogP contribution in [0, 0.1) is 0 Å². The number of hydrogen-bond acceptors (Lipinski definition) is 2. The van der Waals surface area contributed by atoms with E-state index in [0.717, 1.165) is 17.6 Å². The molecular weight excluding hydrogens is 200 g/mol.